The summed E-state index contributed by atoms with van der Waals surface area (Å²) in [6.07, 6.45) is -0.671. The molecule has 9 nitrogen and oxygen atoms in total. The summed E-state index contributed by atoms with van der Waals surface area (Å²) in [7, 11) is 1.60. The van der Waals surface area contributed by atoms with E-state index in [-0.39, 0.29) is 29.5 Å². The number of rotatable bonds is 7. The number of ether oxygens (including phenoxy) is 2. The molecular formula is C30H37F2N5O4. The van der Waals surface area contributed by atoms with Crippen LogP contribution in [-0.2, 0) is 10.7 Å². The van der Waals surface area contributed by atoms with Crippen LogP contribution in [-0.4, -0.2) is 65.8 Å². The van der Waals surface area contributed by atoms with Gasteiger partial charge in [0.15, 0.2) is 0 Å². The Hall–Kier alpha value is -4.15. The minimum atomic E-state index is -2.98. The van der Waals surface area contributed by atoms with Crippen LogP contribution in [0.1, 0.15) is 55.9 Å². The van der Waals surface area contributed by atoms with E-state index in [4.69, 9.17) is 9.47 Å². The average Bonchev–Trinajstić information content (AvgIpc) is 3.33. The third-order valence-corrected chi connectivity index (χ3v) is 6.81. The number of aromatic amines is 1. The van der Waals surface area contributed by atoms with Gasteiger partial charge in [-0.15, -0.1) is 0 Å². The van der Waals surface area contributed by atoms with Gasteiger partial charge < -0.3 is 29.6 Å². The van der Waals surface area contributed by atoms with Gasteiger partial charge in [-0.2, -0.15) is 0 Å². The molecular weight excluding hydrogens is 532 g/mol. The highest BCUT2D eigenvalue weighted by Gasteiger charge is 2.30. The number of hydrogen-bond acceptors (Lipinski definition) is 6. The number of H-pyrrole nitrogens is 1. The van der Waals surface area contributed by atoms with Gasteiger partial charge in [0.2, 0.25) is 0 Å². The van der Waals surface area contributed by atoms with Crippen LogP contribution in [0.25, 0.3) is 11.4 Å². The Morgan fingerprint density at radius 3 is 2.41 bits per heavy atom. The number of imidazole rings is 1. The van der Waals surface area contributed by atoms with Crippen LogP contribution in [0.2, 0.25) is 0 Å². The summed E-state index contributed by atoms with van der Waals surface area (Å²) < 4.78 is 39.4. The van der Waals surface area contributed by atoms with Crippen LogP contribution in [0.3, 0.4) is 0 Å². The van der Waals surface area contributed by atoms with Crippen molar-refractivity contribution in [1.29, 1.82) is 0 Å². The van der Waals surface area contributed by atoms with Gasteiger partial charge in [0.25, 0.3) is 11.8 Å². The van der Waals surface area contributed by atoms with E-state index >= 15 is 0 Å². The molecule has 1 fully saturated rings. The van der Waals surface area contributed by atoms with Crippen molar-refractivity contribution in [2.45, 2.75) is 52.6 Å². The van der Waals surface area contributed by atoms with Crippen LogP contribution < -0.4 is 15.0 Å². The second-order valence-electron chi connectivity index (χ2n) is 11.0. The number of aryl methyl sites for hydroxylation is 1. The monoisotopic (exact) mass is 569 g/mol. The molecule has 0 saturated carbocycles. The van der Waals surface area contributed by atoms with E-state index in [0.29, 0.717) is 43.4 Å². The van der Waals surface area contributed by atoms with Crippen molar-refractivity contribution in [2.24, 2.45) is 0 Å². The number of anilines is 2. The first-order chi connectivity index (χ1) is 19.3. The minimum absolute atomic E-state index is 0.157. The number of alkyl halides is 2. The van der Waals surface area contributed by atoms with Crippen LogP contribution >= 0.6 is 0 Å². The molecule has 0 spiro atoms. The van der Waals surface area contributed by atoms with Gasteiger partial charge in [0, 0.05) is 55.1 Å². The van der Waals surface area contributed by atoms with Gasteiger partial charge in [-0.25, -0.2) is 18.6 Å². The molecule has 0 bridgehead atoms. The fourth-order valence-corrected chi connectivity index (χ4v) is 4.58. The second kappa shape index (κ2) is 11.8. The zero-order valence-corrected chi connectivity index (χ0v) is 24.3. The van der Waals surface area contributed by atoms with Crippen molar-refractivity contribution in [3.05, 3.63) is 59.4 Å². The highest BCUT2D eigenvalue weighted by molar-refractivity contribution is 6.04. The Morgan fingerprint density at radius 2 is 1.78 bits per heavy atom. The highest BCUT2D eigenvalue weighted by Crippen LogP contribution is 2.35. The number of halogens is 2. The van der Waals surface area contributed by atoms with Crippen molar-refractivity contribution in [3.63, 3.8) is 0 Å². The first kappa shape index (κ1) is 29.8. The van der Waals surface area contributed by atoms with E-state index in [1.165, 1.54) is 25.1 Å². The smallest absolute Gasteiger partial charge is 0.410 e. The summed E-state index contributed by atoms with van der Waals surface area (Å²) >= 11 is 0. The average molecular weight is 570 g/mol. The van der Waals surface area contributed by atoms with Gasteiger partial charge in [0.05, 0.1) is 12.8 Å². The summed E-state index contributed by atoms with van der Waals surface area (Å²) in [5, 5.41) is 2.68. The number of carbonyl (C=O) groups is 2. The van der Waals surface area contributed by atoms with Crippen molar-refractivity contribution in [2.75, 3.05) is 43.5 Å². The molecule has 0 aliphatic carbocycles. The van der Waals surface area contributed by atoms with Gasteiger partial charge in [0.1, 0.15) is 22.9 Å². The van der Waals surface area contributed by atoms with Crippen molar-refractivity contribution < 1.29 is 27.8 Å². The van der Waals surface area contributed by atoms with E-state index in [0.717, 1.165) is 11.3 Å². The lowest BCUT2D eigenvalue weighted by Gasteiger charge is -2.37. The normalized spacial score (nSPS) is 14.1. The molecule has 2 aromatic carbocycles. The Balaban J connectivity index is 1.51. The molecule has 4 rings (SSSR count). The molecule has 0 unspecified atom stereocenters. The molecule has 220 valence electrons. The molecule has 0 atom stereocenters. The number of hydrogen-bond donors (Lipinski definition) is 2. The maximum atomic E-state index is 14.2. The molecule has 3 aromatic rings. The molecule has 1 saturated heterocycles. The highest BCUT2D eigenvalue weighted by atomic mass is 19.3. The van der Waals surface area contributed by atoms with Gasteiger partial charge in [-0.05, 0) is 58.0 Å². The molecule has 1 aliphatic heterocycles. The number of nitrogens with one attached hydrogen (secondary N) is 2. The minimum Gasteiger partial charge on any atom is -0.495 e. The fraction of sp³-hybridized carbons (Fsp3) is 0.433. The predicted molar refractivity (Wildman–Crippen MR) is 154 cm³/mol. The number of methoxy groups -OCH3 is 1. The SMILES string of the molecule is CCC(F)(F)c1cccc(NC(=O)c2nc(-c3ccc(OC)c(N4CCN(C(=O)OC(C)(C)C)CC4)c3)[nH]c2C)c1. The van der Waals surface area contributed by atoms with Gasteiger partial charge >= 0.3 is 6.09 Å². The molecule has 0 radical (unpaired) electrons. The lowest BCUT2D eigenvalue weighted by atomic mass is 10.1. The zero-order chi connectivity index (χ0) is 29.9. The van der Waals surface area contributed by atoms with E-state index < -0.39 is 17.4 Å². The lowest BCUT2D eigenvalue weighted by molar-refractivity contribution is -0.00826. The number of carbonyl (C=O) groups excluding carboxylic acids is 2. The molecule has 1 aromatic heterocycles. The molecule has 1 aliphatic rings. The maximum Gasteiger partial charge on any atom is 0.410 e. The summed E-state index contributed by atoms with van der Waals surface area (Å²) in [6, 6.07) is 11.3. The molecule has 2 N–H and O–H groups in total. The Morgan fingerprint density at radius 1 is 1.07 bits per heavy atom. The number of benzene rings is 2. The number of aromatic nitrogens is 2. The Kier molecular flexibility index (Phi) is 8.55. The maximum absolute atomic E-state index is 14.2. The zero-order valence-electron chi connectivity index (χ0n) is 24.3. The van der Waals surface area contributed by atoms with E-state index in [2.05, 4.69) is 20.2 Å². The van der Waals surface area contributed by atoms with E-state index in [1.807, 2.05) is 39.0 Å². The summed E-state index contributed by atoms with van der Waals surface area (Å²) in [4.78, 5) is 37.0. The van der Waals surface area contributed by atoms with Crippen LogP contribution in [0.4, 0.5) is 25.0 Å². The largest absolute Gasteiger partial charge is 0.495 e. The summed E-state index contributed by atoms with van der Waals surface area (Å²) in [5.41, 5.74) is 1.82. The second-order valence-corrected chi connectivity index (χ2v) is 11.0. The van der Waals surface area contributed by atoms with Crippen molar-refractivity contribution in [1.82, 2.24) is 14.9 Å². The molecule has 2 amide bonds. The number of piperazine rings is 1. The first-order valence-corrected chi connectivity index (χ1v) is 13.6. The molecule has 2 heterocycles. The lowest BCUT2D eigenvalue weighted by Crippen LogP contribution is -2.50. The third-order valence-electron chi connectivity index (χ3n) is 6.81. The van der Waals surface area contributed by atoms with Crippen molar-refractivity contribution >= 4 is 23.4 Å². The number of nitrogens with zero attached hydrogens (tertiary/aromatic N) is 3. The van der Waals surface area contributed by atoms with E-state index in [1.54, 1.807) is 25.0 Å². The summed E-state index contributed by atoms with van der Waals surface area (Å²) in [5.74, 6) is -2.33. The Labute approximate surface area is 238 Å². The molecule has 41 heavy (non-hydrogen) atoms. The van der Waals surface area contributed by atoms with Crippen LogP contribution in [0.15, 0.2) is 42.5 Å². The summed E-state index contributed by atoms with van der Waals surface area (Å²) in [6.45, 7) is 10.8. The van der Waals surface area contributed by atoms with Gasteiger partial charge in [-0.3, -0.25) is 4.79 Å². The predicted octanol–water partition coefficient (Wildman–Crippen LogP) is 6.20. The first-order valence-electron chi connectivity index (χ1n) is 13.6. The van der Waals surface area contributed by atoms with Crippen molar-refractivity contribution in [3.8, 4) is 17.1 Å². The number of amides is 2. The Bertz CT molecular complexity index is 1410. The molecule has 11 heteroatoms. The topological polar surface area (TPSA) is 99.8 Å². The standard InChI is InChI=1S/C30H37F2N5O4/c1-7-30(31,32)21-9-8-10-22(18-21)34-27(38)25-19(2)33-26(35-25)20-11-12-24(40-6)23(17-20)36-13-15-37(16-14-36)28(39)41-29(3,4)5/h8-12,17-18H,7,13-16H2,1-6H3,(H,33,35)(H,34,38). The van der Waals surface area contributed by atoms with Gasteiger partial charge in [-0.1, -0.05) is 19.1 Å². The van der Waals surface area contributed by atoms with E-state index in [9.17, 15) is 18.4 Å². The van der Waals surface area contributed by atoms with Crippen LogP contribution in [0.5, 0.6) is 5.75 Å². The quantitative estimate of drug-likeness (QED) is 0.351. The van der Waals surface area contributed by atoms with Crippen LogP contribution in [0, 0.1) is 6.92 Å². The third kappa shape index (κ3) is 6.96. The fourth-order valence-electron chi connectivity index (χ4n) is 4.58.